The second kappa shape index (κ2) is 6.04. The number of pyridine rings is 1. The maximum atomic E-state index is 12.3. The molecular formula is C15H23N3O. The molecule has 1 aromatic heterocycles. The monoisotopic (exact) mass is 261 g/mol. The quantitative estimate of drug-likeness (QED) is 0.879. The first kappa shape index (κ1) is 13.8. The predicted molar refractivity (Wildman–Crippen MR) is 77.4 cm³/mol. The van der Waals surface area contributed by atoms with E-state index < -0.39 is 0 Å². The molecule has 1 aliphatic carbocycles. The maximum Gasteiger partial charge on any atom is 0.255 e. The van der Waals surface area contributed by atoms with Gasteiger partial charge in [-0.1, -0.05) is 19.8 Å². The number of carbonyl (C=O) groups excluding carboxylic acids is 1. The minimum absolute atomic E-state index is 0.0176. The summed E-state index contributed by atoms with van der Waals surface area (Å²) in [6.07, 6.45) is 6.31. The Morgan fingerprint density at radius 1 is 1.42 bits per heavy atom. The van der Waals surface area contributed by atoms with Crippen LogP contribution in [0.25, 0.3) is 0 Å². The van der Waals surface area contributed by atoms with Crippen LogP contribution in [0.2, 0.25) is 0 Å². The summed E-state index contributed by atoms with van der Waals surface area (Å²) in [6, 6.07) is 2.21. The normalized spacial score (nSPS) is 22.9. The van der Waals surface area contributed by atoms with Crippen molar-refractivity contribution in [2.75, 3.05) is 12.4 Å². The summed E-state index contributed by atoms with van der Waals surface area (Å²) in [5.41, 5.74) is 2.38. The molecule has 4 heteroatoms. The number of rotatable bonds is 3. The second-order valence-electron chi connectivity index (χ2n) is 5.56. The van der Waals surface area contributed by atoms with E-state index >= 15 is 0 Å². The molecule has 2 atom stereocenters. The van der Waals surface area contributed by atoms with E-state index in [1.807, 2.05) is 20.0 Å². The number of anilines is 1. The van der Waals surface area contributed by atoms with Crippen LogP contribution in [-0.2, 0) is 0 Å². The zero-order valence-electron chi connectivity index (χ0n) is 12.0. The second-order valence-corrected chi connectivity index (χ2v) is 5.56. The zero-order chi connectivity index (χ0) is 13.8. The van der Waals surface area contributed by atoms with Crippen LogP contribution in [0.1, 0.15) is 48.7 Å². The van der Waals surface area contributed by atoms with Gasteiger partial charge in [0, 0.05) is 25.0 Å². The minimum atomic E-state index is -0.0176. The summed E-state index contributed by atoms with van der Waals surface area (Å²) in [5, 5.41) is 6.20. The molecule has 1 aliphatic rings. The Morgan fingerprint density at radius 3 is 2.89 bits per heavy atom. The molecule has 1 aromatic rings. The van der Waals surface area contributed by atoms with Gasteiger partial charge in [-0.3, -0.25) is 9.78 Å². The lowest BCUT2D eigenvalue weighted by molar-refractivity contribution is 0.0922. The fourth-order valence-corrected chi connectivity index (χ4v) is 2.78. The molecule has 1 heterocycles. The van der Waals surface area contributed by atoms with Crippen LogP contribution in [0.15, 0.2) is 12.3 Å². The fraction of sp³-hybridized carbons (Fsp3) is 0.600. The van der Waals surface area contributed by atoms with E-state index in [0.717, 1.165) is 24.2 Å². The van der Waals surface area contributed by atoms with E-state index in [1.165, 1.54) is 12.8 Å². The molecule has 4 nitrogen and oxygen atoms in total. The van der Waals surface area contributed by atoms with Crippen LogP contribution in [-0.4, -0.2) is 24.0 Å². The summed E-state index contributed by atoms with van der Waals surface area (Å²) >= 11 is 0. The average Bonchev–Trinajstić information content (AvgIpc) is 2.38. The van der Waals surface area contributed by atoms with Crippen molar-refractivity contribution in [2.24, 2.45) is 5.92 Å². The van der Waals surface area contributed by atoms with Gasteiger partial charge in [-0.15, -0.1) is 0 Å². The highest BCUT2D eigenvalue weighted by atomic mass is 16.1. The van der Waals surface area contributed by atoms with Crippen molar-refractivity contribution in [1.29, 1.82) is 0 Å². The van der Waals surface area contributed by atoms with Crippen LogP contribution < -0.4 is 10.6 Å². The van der Waals surface area contributed by atoms with E-state index in [-0.39, 0.29) is 5.91 Å². The number of aryl methyl sites for hydroxylation is 1. The lowest BCUT2D eigenvalue weighted by atomic mass is 9.87. The van der Waals surface area contributed by atoms with E-state index in [0.29, 0.717) is 17.5 Å². The molecule has 2 unspecified atom stereocenters. The molecule has 0 aliphatic heterocycles. The van der Waals surface area contributed by atoms with Crippen LogP contribution in [0.3, 0.4) is 0 Å². The zero-order valence-corrected chi connectivity index (χ0v) is 12.0. The first-order valence-electron chi connectivity index (χ1n) is 7.05. The van der Waals surface area contributed by atoms with Crippen LogP contribution in [0.4, 0.5) is 5.69 Å². The Balaban J connectivity index is 2.07. The molecule has 0 spiro atoms. The molecule has 1 fully saturated rings. The number of nitrogens with zero attached hydrogens (tertiary/aromatic N) is 1. The Hall–Kier alpha value is -1.58. The van der Waals surface area contributed by atoms with Crippen molar-refractivity contribution < 1.29 is 4.79 Å². The van der Waals surface area contributed by atoms with Crippen molar-refractivity contribution in [2.45, 2.75) is 45.6 Å². The summed E-state index contributed by atoms with van der Waals surface area (Å²) < 4.78 is 0. The molecule has 2 rings (SSSR count). The molecule has 1 saturated carbocycles. The number of hydrogen-bond acceptors (Lipinski definition) is 3. The molecule has 0 bridgehead atoms. The van der Waals surface area contributed by atoms with Gasteiger partial charge in [0.15, 0.2) is 0 Å². The maximum absolute atomic E-state index is 12.3. The average molecular weight is 261 g/mol. The lowest BCUT2D eigenvalue weighted by Crippen LogP contribution is -2.38. The van der Waals surface area contributed by atoms with Crippen molar-refractivity contribution >= 4 is 11.6 Å². The van der Waals surface area contributed by atoms with Gasteiger partial charge in [-0.05, 0) is 31.7 Å². The van der Waals surface area contributed by atoms with Crippen molar-refractivity contribution in [1.82, 2.24) is 10.3 Å². The smallest absolute Gasteiger partial charge is 0.255 e. The fourth-order valence-electron chi connectivity index (χ4n) is 2.78. The number of nitrogens with one attached hydrogen (secondary N) is 2. The van der Waals surface area contributed by atoms with Gasteiger partial charge in [0.05, 0.1) is 11.3 Å². The molecule has 2 N–H and O–H groups in total. The third-order valence-electron chi connectivity index (χ3n) is 3.83. The van der Waals surface area contributed by atoms with Gasteiger partial charge in [0.25, 0.3) is 5.91 Å². The minimum Gasteiger partial charge on any atom is -0.387 e. The molecule has 1 amide bonds. The third kappa shape index (κ3) is 3.46. The van der Waals surface area contributed by atoms with Gasteiger partial charge in [0.1, 0.15) is 0 Å². The Morgan fingerprint density at radius 2 is 2.21 bits per heavy atom. The molecule has 0 aromatic carbocycles. The van der Waals surface area contributed by atoms with Crippen LogP contribution in [0.5, 0.6) is 0 Å². The van der Waals surface area contributed by atoms with Crippen LogP contribution in [0, 0.1) is 12.8 Å². The van der Waals surface area contributed by atoms with Gasteiger partial charge in [-0.2, -0.15) is 0 Å². The Kier molecular flexibility index (Phi) is 4.40. The standard InChI is InChI=1S/C15H23N3O/c1-10-5-4-6-12(7-10)18-15(19)13-9-17-11(2)8-14(13)16-3/h8-10,12H,4-7H2,1-3H3,(H,16,17)(H,18,19). The summed E-state index contributed by atoms with van der Waals surface area (Å²) in [6.45, 7) is 4.18. The first-order valence-corrected chi connectivity index (χ1v) is 7.05. The Labute approximate surface area is 115 Å². The Bertz CT molecular complexity index is 459. The lowest BCUT2D eigenvalue weighted by Gasteiger charge is -2.27. The highest BCUT2D eigenvalue weighted by molar-refractivity contribution is 5.99. The van der Waals surface area contributed by atoms with Crippen LogP contribution >= 0.6 is 0 Å². The van der Waals surface area contributed by atoms with Crippen molar-refractivity contribution in [3.63, 3.8) is 0 Å². The van der Waals surface area contributed by atoms with Gasteiger partial charge >= 0.3 is 0 Å². The van der Waals surface area contributed by atoms with E-state index in [2.05, 4.69) is 22.5 Å². The SMILES string of the molecule is CNc1cc(C)ncc1C(=O)NC1CCCC(C)C1. The number of carbonyl (C=O) groups is 1. The van der Waals surface area contributed by atoms with E-state index in [4.69, 9.17) is 0 Å². The van der Waals surface area contributed by atoms with Gasteiger partial charge in [-0.25, -0.2) is 0 Å². The number of aromatic nitrogens is 1. The summed E-state index contributed by atoms with van der Waals surface area (Å²) in [5.74, 6) is 0.690. The third-order valence-corrected chi connectivity index (χ3v) is 3.83. The molecular weight excluding hydrogens is 238 g/mol. The van der Waals surface area contributed by atoms with Crippen molar-refractivity contribution in [3.05, 3.63) is 23.5 Å². The molecule has 19 heavy (non-hydrogen) atoms. The highest BCUT2D eigenvalue weighted by Crippen LogP contribution is 2.24. The number of amides is 1. The highest BCUT2D eigenvalue weighted by Gasteiger charge is 2.22. The molecule has 104 valence electrons. The number of hydrogen-bond donors (Lipinski definition) is 2. The summed E-state index contributed by atoms with van der Waals surface area (Å²) in [4.78, 5) is 16.5. The first-order chi connectivity index (χ1) is 9.10. The van der Waals surface area contributed by atoms with Gasteiger partial charge < -0.3 is 10.6 Å². The molecule has 0 saturated heterocycles. The summed E-state index contributed by atoms with van der Waals surface area (Å²) in [7, 11) is 1.83. The molecule has 0 radical (unpaired) electrons. The van der Waals surface area contributed by atoms with E-state index in [9.17, 15) is 4.79 Å². The topological polar surface area (TPSA) is 54.0 Å². The predicted octanol–water partition coefficient (Wildman–Crippen LogP) is 2.74. The van der Waals surface area contributed by atoms with E-state index in [1.54, 1.807) is 6.20 Å². The van der Waals surface area contributed by atoms with Crippen molar-refractivity contribution in [3.8, 4) is 0 Å². The largest absolute Gasteiger partial charge is 0.387 e. The van der Waals surface area contributed by atoms with Gasteiger partial charge in [0.2, 0.25) is 0 Å².